The highest BCUT2D eigenvalue weighted by atomic mass is 32.1. The van der Waals surface area contributed by atoms with Crippen molar-refractivity contribution in [2.24, 2.45) is 5.10 Å². The summed E-state index contributed by atoms with van der Waals surface area (Å²) < 4.78 is 7.74. The minimum atomic E-state index is 0.130. The van der Waals surface area contributed by atoms with Crippen LogP contribution in [-0.2, 0) is 12.0 Å². The van der Waals surface area contributed by atoms with Gasteiger partial charge in [0.1, 0.15) is 12.4 Å². The number of aromatic amines is 1. The van der Waals surface area contributed by atoms with Crippen LogP contribution in [0.25, 0.3) is 0 Å². The Balaban J connectivity index is 1.74. The van der Waals surface area contributed by atoms with Crippen molar-refractivity contribution in [1.29, 1.82) is 0 Å². The van der Waals surface area contributed by atoms with Gasteiger partial charge in [-0.05, 0) is 40.9 Å². The van der Waals surface area contributed by atoms with Gasteiger partial charge in [0, 0.05) is 0 Å². The summed E-state index contributed by atoms with van der Waals surface area (Å²) in [5, 5.41) is 11.4. The van der Waals surface area contributed by atoms with Crippen LogP contribution >= 0.6 is 12.2 Å². The van der Waals surface area contributed by atoms with Crippen molar-refractivity contribution in [2.45, 2.75) is 32.8 Å². The Morgan fingerprint density at radius 3 is 2.46 bits per heavy atom. The molecule has 1 aromatic heterocycles. The molecule has 0 saturated heterocycles. The van der Waals surface area contributed by atoms with Crippen LogP contribution in [0, 0.1) is 4.77 Å². The van der Waals surface area contributed by atoms with Crippen molar-refractivity contribution in [3.05, 3.63) is 76.3 Å². The summed E-state index contributed by atoms with van der Waals surface area (Å²) in [5.41, 5.74) is 2.41. The van der Waals surface area contributed by atoms with Gasteiger partial charge in [-0.25, -0.2) is 5.10 Å². The lowest BCUT2D eigenvalue weighted by molar-refractivity contribution is 0.290. The molecule has 0 aliphatic carbocycles. The average Bonchev–Trinajstić information content (AvgIpc) is 2.98. The van der Waals surface area contributed by atoms with Crippen LogP contribution in [0.2, 0.25) is 0 Å². The smallest absolute Gasteiger partial charge is 0.216 e. The van der Waals surface area contributed by atoms with Crippen molar-refractivity contribution in [2.75, 3.05) is 0 Å². The molecule has 0 spiro atoms. The molecule has 0 aliphatic rings. The number of para-hydroxylation sites is 1. The quantitative estimate of drug-likeness (QED) is 0.526. The van der Waals surface area contributed by atoms with Crippen LogP contribution in [0.5, 0.6) is 5.75 Å². The zero-order valence-corrected chi connectivity index (χ0v) is 16.0. The number of nitrogens with zero attached hydrogens (tertiary/aromatic N) is 3. The predicted molar refractivity (Wildman–Crippen MR) is 106 cm³/mol. The normalized spacial score (nSPS) is 11.8. The summed E-state index contributed by atoms with van der Waals surface area (Å²) in [5.74, 6) is 1.39. The molecule has 2 aromatic carbocycles. The Kier molecular flexibility index (Phi) is 5.32. The van der Waals surface area contributed by atoms with Crippen LogP contribution < -0.4 is 4.74 Å². The fourth-order valence-corrected chi connectivity index (χ4v) is 2.59. The van der Waals surface area contributed by atoms with Crippen LogP contribution in [0.15, 0.2) is 59.7 Å². The number of H-pyrrole nitrogens is 1. The molecular weight excluding hydrogens is 344 g/mol. The fraction of sp³-hybridized carbons (Fsp3) is 0.250. The highest BCUT2D eigenvalue weighted by Crippen LogP contribution is 2.21. The van der Waals surface area contributed by atoms with Gasteiger partial charge in [0.2, 0.25) is 4.77 Å². The molecule has 0 fully saturated rings. The van der Waals surface area contributed by atoms with Gasteiger partial charge in [0.25, 0.3) is 0 Å². The predicted octanol–water partition coefficient (Wildman–Crippen LogP) is 4.70. The molecule has 1 N–H and O–H groups in total. The highest BCUT2D eigenvalue weighted by Gasteiger charge is 2.12. The molecule has 5 nitrogen and oxygen atoms in total. The minimum Gasteiger partial charge on any atom is -0.486 e. The monoisotopic (exact) mass is 366 g/mol. The van der Waals surface area contributed by atoms with Gasteiger partial charge >= 0.3 is 0 Å². The Labute approximate surface area is 158 Å². The summed E-state index contributed by atoms with van der Waals surface area (Å²) in [4.78, 5) is 0. The van der Waals surface area contributed by atoms with Gasteiger partial charge in [-0.1, -0.05) is 63.2 Å². The Morgan fingerprint density at radius 1 is 1.12 bits per heavy atom. The molecule has 3 rings (SSSR count). The van der Waals surface area contributed by atoms with E-state index in [1.807, 2.05) is 42.5 Å². The maximum atomic E-state index is 5.73. The fourth-order valence-electron chi connectivity index (χ4n) is 2.39. The molecule has 0 unspecified atom stereocenters. The van der Waals surface area contributed by atoms with Crippen molar-refractivity contribution in [1.82, 2.24) is 14.9 Å². The lowest BCUT2D eigenvalue weighted by Gasteiger charge is -2.18. The molecule has 0 radical (unpaired) electrons. The van der Waals surface area contributed by atoms with E-state index in [1.54, 1.807) is 10.9 Å². The molecule has 0 atom stereocenters. The summed E-state index contributed by atoms with van der Waals surface area (Å²) in [6, 6.07) is 17.9. The van der Waals surface area contributed by atoms with Crippen molar-refractivity contribution in [3.8, 4) is 5.75 Å². The summed E-state index contributed by atoms with van der Waals surface area (Å²) in [6.45, 7) is 6.86. The third-order valence-electron chi connectivity index (χ3n) is 3.93. The summed E-state index contributed by atoms with van der Waals surface area (Å²) >= 11 is 5.26. The van der Waals surface area contributed by atoms with Gasteiger partial charge in [-0.2, -0.15) is 14.9 Å². The van der Waals surface area contributed by atoms with E-state index in [-0.39, 0.29) is 12.0 Å². The van der Waals surface area contributed by atoms with E-state index in [0.29, 0.717) is 10.6 Å². The van der Waals surface area contributed by atoms with E-state index in [2.05, 4.69) is 48.2 Å². The first kappa shape index (κ1) is 18.1. The molecule has 0 saturated carbocycles. The average molecular weight is 366 g/mol. The first-order valence-electron chi connectivity index (χ1n) is 8.42. The van der Waals surface area contributed by atoms with E-state index >= 15 is 0 Å². The standard InChI is InChI=1S/C20H22N4OS/c1-20(2,3)16-11-9-15(10-12-16)13-21-24-18(22-23-19(24)26)14-25-17-7-5-4-6-8-17/h4-13H,14H2,1-3H3,(H,23,26). The van der Waals surface area contributed by atoms with Crippen LogP contribution in [-0.4, -0.2) is 21.1 Å². The van der Waals surface area contributed by atoms with Crippen molar-refractivity contribution in [3.63, 3.8) is 0 Å². The van der Waals surface area contributed by atoms with Crippen molar-refractivity contribution >= 4 is 18.4 Å². The second kappa shape index (κ2) is 7.66. The lowest BCUT2D eigenvalue weighted by atomic mass is 9.87. The Bertz CT molecular complexity index is 934. The molecule has 0 aliphatic heterocycles. The third-order valence-corrected chi connectivity index (χ3v) is 4.19. The first-order valence-corrected chi connectivity index (χ1v) is 8.83. The zero-order valence-electron chi connectivity index (χ0n) is 15.1. The van der Waals surface area contributed by atoms with E-state index < -0.39 is 0 Å². The SMILES string of the molecule is CC(C)(C)c1ccc(C=Nn2c(COc3ccccc3)n[nH]c2=S)cc1. The topological polar surface area (TPSA) is 55.2 Å². The Hall–Kier alpha value is -2.73. The third kappa shape index (κ3) is 4.46. The second-order valence-corrected chi connectivity index (χ2v) is 7.36. The van der Waals surface area contributed by atoms with E-state index in [9.17, 15) is 0 Å². The van der Waals surface area contributed by atoms with E-state index in [0.717, 1.165) is 11.3 Å². The lowest BCUT2D eigenvalue weighted by Crippen LogP contribution is -2.10. The maximum Gasteiger partial charge on any atom is 0.216 e. The van der Waals surface area contributed by atoms with Gasteiger partial charge < -0.3 is 4.74 Å². The van der Waals surface area contributed by atoms with E-state index in [1.165, 1.54) is 5.56 Å². The molecule has 1 heterocycles. The highest BCUT2D eigenvalue weighted by molar-refractivity contribution is 7.71. The molecule has 0 bridgehead atoms. The van der Waals surface area contributed by atoms with Crippen LogP contribution in [0.1, 0.15) is 37.7 Å². The summed E-state index contributed by atoms with van der Waals surface area (Å²) in [6.07, 6.45) is 1.77. The van der Waals surface area contributed by atoms with Crippen molar-refractivity contribution < 1.29 is 4.74 Å². The number of hydrogen-bond acceptors (Lipinski definition) is 4. The zero-order chi connectivity index (χ0) is 18.6. The molecule has 134 valence electrons. The molecule has 3 aromatic rings. The van der Waals surface area contributed by atoms with Gasteiger partial charge in [-0.15, -0.1) is 0 Å². The van der Waals surface area contributed by atoms with Gasteiger partial charge in [0.15, 0.2) is 5.82 Å². The van der Waals surface area contributed by atoms with Crippen LogP contribution in [0.4, 0.5) is 0 Å². The number of rotatable bonds is 5. The largest absolute Gasteiger partial charge is 0.486 e. The molecular formula is C20H22N4OS. The van der Waals surface area contributed by atoms with Gasteiger partial charge in [0.05, 0.1) is 6.21 Å². The Morgan fingerprint density at radius 2 is 1.81 bits per heavy atom. The molecule has 26 heavy (non-hydrogen) atoms. The second-order valence-electron chi connectivity index (χ2n) is 6.98. The number of benzene rings is 2. The number of hydrogen-bond donors (Lipinski definition) is 1. The molecule has 0 amide bonds. The minimum absolute atomic E-state index is 0.130. The number of ether oxygens (including phenoxy) is 1. The summed E-state index contributed by atoms with van der Waals surface area (Å²) in [7, 11) is 0. The van der Waals surface area contributed by atoms with Crippen LogP contribution in [0.3, 0.4) is 0 Å². The number of aromatic nitrogens is 3. The first-order chi connectivity index (χ1) is 12.4. The van der Waals surface area contributed by atoms with Gasteiger partial charge in [-0.3, -0.25) is 0 Å². The molecule has 6 heteroatoms. The maximum absolute atomic E-state index is 5.73. The van der Waals surface area contributed by atoms with E-state index in [4.69, 9.17) is 17.0 Å². The number of nitrogens with one attached hydrogen (secondary N) is 1.